The van der Waals surface area contributed by atoms with Gasteiger partial charge < -0.3 is 15.2 Å². The average Bonchev–Trinajstić information content (AvgIpc) is 2.95. The quantitative estimate of drug-likeness (QED) is 0.775. The highest BCUT2D eigenvalue weighted by Gasteiger charge is 2.28. The second-order valence-electron chi connectivity index (χ2n) is 5.71. The minimum Gasteiger partial charge on any atom is -0.506 e. The Labute approximate surface area is 150 Å². The molecule has 1 saturated heterocycles. The number of carbonyl (C=O) groups is 1. The van der Waals surface area contributed by atoms with Crippen LogP contribution in [0.4, 0.5) is 15.8 Å². The van der Waals surface area contributed by atoms with Crippen LogP contribution < -0.4 is 14.4 Å². The first-order valence-electron chi connectivity index (χ1n) is 7.87. The van der Waals surface area contributed by atoms with E-state index in [1.54, 1.807) is 6.07 Å². The van der Waals surface area contributed by atoms with Crippen molar-refractivity contribution in [2.24, 2.45) is 0 Å². The molecule has 0 spiro atoms. The van der Waals surface area contributed by atoms with Crippen molar-refractivity contribution in [3.8, 4) is 11.5 Å². The van der Waals surface area contributed by atoms with Gasteiger partial charge in [0.2, 0.25) is 10.0 Å². The molecule has 2 aromatic rings. The Morgan fingerprint density at radius 3 is 2.73 bits per heavy atom. The van der Waals surface area contributed by atoms with Crippen LogP contribution >= 0.6 is 0 Å². The van der Waals surface area contributed by atoms with Crippen LogP contribution in [0.3, 0.4) is 0 Å². The summed E-state index contributed by atoms with van der Waals surface area (Å²) in [5, 5.41) is 12.3. The number of phenolic OH excluding ortho intramolecular Hbond substituents is 1. The Morgan fingerprint density at radius 1 is 1.27 bits per heavy atom. The lowest BCUT2D eigenvalue weighted by atomic mass is 10.2. The van der Waals surface area contributed by atoms with Gasteiger partial charge in [0.1, 0.15) is 5.75 Å². The van der Waals surface area contributed by atoms with Crippen LogP contribution in [0.2, 0.25) is 0 Å². The Kier molecular flexibility index (Phi) is 4.99. The number of hydrogen-bond acceptors (Lipinski definition) is 5. The monoisotopic (exact) mass is 380 g/mol. The fourth-order valence-electron chi connectivity index (χ4n) is 2.60. The van der Waals surface area contributed by atoms with Gasteiger partial charge in [0.25, 0.3) is 5.91 Å². The number of sulfonamides is 1. The Bertz CT molecular complexity index is 933. The fraction of sp³-hybridized carbons (Fsp3) is 0.235. The number of halogens is 1. The number of ether oxygens (including phenoxy) is 1. The van der Waals surface area contributed by atoms with Crippen molar-refractivity contribution < 1.29 is 27.4 Å². The molecule has 0 unspecified atom stereocenters. The maximum Gasteiger partial charge on any atom is 0.262 e. The number of rotatable bonds is 5. The van der Waals surface area contributed by atoms with Crippen LogP contribution in [-0.4, -0.2) is 38.3 Å². The van der Waals surface area contributed by atoms with Crippen LogP contribution in [0.5, 0.6) is 11.5 Å². The summed E-state index contributed by atoms with van der Waals surface area (Å²) in [6.45, 7) is -0.122. The lowest BCUT2D eigenvalue weighted by molar-refractivity contribution is -0.118. The van der Waals surface area contributed by atoms with Crippen molar-refractivity contribution >= 4 is 27.3 Å². The van der Waals surface area contributed by atoms with Gasteiger partial charge in [-0.3, -0.25) is 9.10 Å². The molecule has 2 aromatic carbocycles. The number of nitrogens with zero attached hydrogens (tertiary/aromatic N) is 1. The van der Waals surface area contributed by atoms with Gasteiger partial charge >= 0.3 is 0 Å². The largest absolute Gasteiger partial charge is 0.506 e. The van der Waals surface area contributed by atoms with E-state index in [0.29, 0.717) is 18.7 Å². The summed E-state index contributed by atoms with van der Waals surface area (Å²) in [4.78, 5) is 12.0. The molecule has 0 saturated carbocycles. The van der Waals surface area contributed by atoms with Gasteiger partial charge in [-0.2, -0.15) is 0 Å². The molecule has 7 nitrogen and oxygen atoms in total. The topological polar surface area (TPSA) is 95.9 Å². The number of phenols is 1. The van der Waals surface area contributed by atoms with Gasteiger partial charge in [0.15, 0.2) is 18.2 Å². The second-order valence-corrected chi connectivity index (χ2v) is 7.72. The van der Waals surface area contributed by atoms with E-state index >= 15 is 0 Å². The van der Waals surface area contributed by atoms with Crippen LogP contribution in [0.1, 0.15) is 6.42 Å². The Balaban J connectivity index is 1.70. The van der Waals surface area contributed by atoms with E-state index < -0.39 is 28.4 Å². The molecule has 138 valence electrons. The number of carbonyl (C=O) groups excluding carboxylic acids is 1. The van der Waals surface area contributed by atoms with E-state index in [1.165, 1.54) is 40.7 Å². The average molecular weight is 380 g/mol. The van der Waals surface area contributed by atoms with Crippen molar-refractivity contribution in [1.82, 2.24) is 0 Å². The number of nitrogens with one attached hydrogen (secondary N) is 1. The number of amides is 1. The summed E-state index contributed by atoms with van der Waals surface area (Å²) in [5.41, 5.74) is 0.400. The Morgan fingerprint density at radius 2 is 2.04 bits per heavy atom. The molecule has 2 N–H and O–H groups in total. The number of aromatic hydroxyl groups is 1. The summed E-state index contributed by atoms with van der Waals surface area (Å²) in [6, 6.07) is 9.80. The highest BCUT2D eigenvalue weighted by Crippen LogP contribution is 2.32. The first kappa shape index (κ1) is 18.0. The van der Waals surface area contributed by atoms with Gasteiger partial charge in [0.05, 0.1) is 17.1 Å². The highest BCUT2D eigenvalue weighted by atomic mass is 32.2. The number of para-hydroxylation sites is 1. The molecule has 1 fully saturated rings. The van der Waals surface area contributed by atoms with E-state index in [9.17, 15) is 22.7 Å². The predicted molar refractivity (Wildman–Crippen MR) is 94.4 cm³/mol. The molecule has 0 aliphatic carbocycles. The molecular formula is C17H17FN2O5S. The van der Waals surface area contributed by atoms with E-state index in [1.807, 2.05) is 0 Å². The third-order valence-electron chi connectivity index (χ3n) is 3.84. The second kappa shape index (κ2) is 7.20. The summed E-state index contributed by atoms with van der Waals surface area (Å²) in [6.07, 6.45) is 0.515. The third kappa shape index (κ3) is 3.88. The van der Waals surface area contributed by atoms with Crippen molar-refractivity contribution in [3.05, 3.63) is 48.3 Å². The molecule has 0 aromatic heterocycles. The number of benzene rings is 2. The SMILES string of the molecule is O=C(COc1ccccc1F)Nc1cc(N2CCCS2(=O)=O)ccc1O. The minimum absolute atomic E-state index is 0.0479. The van der Waals surface area contributed by atoms with Crippen LogP contribution in [-0.2, 0) is 14.8 Å². The zero-order chi connectivity index (χ0) is 18.7. The number of hydrogen-bond donors (Lipinski definition) is 2. The van der Waals surface area contributed by atoms with Crippen molar-refractivity contribution in [1.29, 1.82) is 0 Å². The first-order chi connectivity index (χ1) is 12.4. The summed E-state index contributed by atoms with van der Waals surface area (Å²) in [5.74, 6) is -1.44. The smallest absolute Gasteiger partial charge is 0.262 e. The summed E-state index contributed by atoms with van der Waals surface area (Å²) in [7, 11) is -3.38. The summed E-state index contributed by atoms with van der Waals surface area (Å²) >= 11 is 0. The van der Waals surface area contributed by atoms with Crippen molar-refractivity contribution in [2.45, 2.75) is 6.42 Å². The molecule has 9 heteroatoms. The zero-order valence-corrected chi connectivity index (χ0v) is 14.5. The summed E-state index contributed by atoms with van der Waals surface area (Å²) < 4.78 is 43.8. The third-order valence-corrected chi connectivity index (χ3v) is 5.71. The van der Waals surface area contributed by atoms with Gasteiger partial charge in [-0.25, -0.2) is 12.8 Å². The van der Waals surface area contributed by atoms with Gasteiger partial charge in [-0.05, 0) is 36.8 Å². The molecule has 1 amide bonds. The Hall–Kier alpha value is -2.81. The van der Waals surface area contributed by atoms with Gasteiger partial charge in [-0.15, -0.1) is 0 Å². The van der Waals surface area contributed by atoms with E-state index in [2.05, 4.69) is 5.32 Å². The molecule has 3 rings (SSSR count). The normalized spacial score (nSPS) is 15.7. The lowest BCUT2D eigenvalue weighted by Crippen LogP contribution is -2.25. The van der Waals surface area contributed by atoms with E-state index in [-0.39, 0.29) is 22.9 Å². The standard InChI is InChI=1S/C17H17FN2O5S/c18-13-4-1-2-5-16(13)25-11-17(22)19-14-10-12(6-7-15(14)21)20-8-3-9-26(20,23)24/h1-2,4-7,10,21H,3,8-9,11H2,(H,19,22). The molecule has 1 aliphatic heterocycles. The molecule has 1 aliphatic rings. The molecule has 0 radical (unpaired) electrons. The van der Waals surface area contributed by atoms with E-state index in [0.717, 1.165) is 0 Å². The first-order valence-corrected chi connectivity index (χ1v) is 9.48. The highest BCUT2D eigenvalue weighted by molar-refractivity contribution is 7.93. The fourth-order valence-corrected chi connectivity index (χ4v) is 4.16. The molecule has 0 atom stereocenters. The van der Waals surface area contributed by atoms with Gasteiger partial charge in [0, 0.05) is 6.54 Å². The van der Waals surface area contributed by atoms with Gasteiger partial charge in [-0.1, -0.05) is 12.1 Å². The minimum atomic E-state index is -3.38. The molecular weight excluding hydrogens is 363 g/mol. The lowest BCUT2D eigenvalue weighted by Gasteiger charge is -2.18. The maximum absolute atomic E-state index is 13.5. The molecule has 0 bridgehead atoms. The molecule has 1 heterocycles. The van der Waals surface area contributed by atoms with Crippen LogP contribution in [0.15, 0.2) is 42.5 Å². The van der Waals surface area contributed by atoms with Crippen LogP contribution in [0.25, 0.3) is 0 Å². The maximum atomic E-state index is 13.5. The van der Waals surface area contributed by atoms with Crippen molar-refractivity contribution in [3.63, 3.8) is 0 Å². The number of anilines is 2. The molecule has 26 heavy (non-hydrogen) atoms. The predicted octanol–water partition coefficient (Wildman–Crippen LogP) is 2.09. The van der Waals surface area contributed by atoms with E-state index in [4.69, 9.17) is 4.74 Å². The van der Waals surface area contributed by atoms with Crippen molar-refractivity contribution in [2.75, 3.05) is 28.5 Å². The zero-order valence-electron chi connectivity index (χ0n) is 13.7. The van der Waals surface area contributed by atoms with Crippen LogP contribution in [0, 0.1) is 5.82 Å².